The number of nitrogens with one attached hydrogen (secondary N) is 1. The summed E-state index contributed by atoms with van der Waals surface area (Å²) >= 11 is 0. The molecule has 0 spiro atoms. The average molecular weight is 485 g/mol. The number of benzene rings is 2. The van der Waals surface area contributed by atoms with Crippen molar-refractivity contribution in [2.24, 2.45) is 0 Å². The Hall–Kier alpha value is -4.47. The number of H-pyrrole nitrogens is 1. The van der Waals surface area contributed by atoms with Crippen molar-refractivity contribution in [1.29, 1.82) is 0 Å². The number of carbonyl (C=O) groups is 2. The van der Waals surface area contributed by atoms with Gasteiger partial charge in [0.05, 0.1) is 23.8 Å². The SMILES string of the molecule is O=C1[C@@H]2Cc3c([nH]c4ccccc34)C(c3cccc([N+](=O)[O-])c3)N2C(=O)CN1CCCn1ccnc1. The molecule has 2 aliphatic rings. The van der Waals surface area contributed by atoms with Gasteiger partial charge in [0.2, 0.25) is 11.8 Å². The minimum absolute atomic E-state index is 0.0136. The van der Waals surface area contributed by atoms with E-state index in [0.29, 0.717) is 31.5 Å². The predicted octanol–water partition coefficient (Wildman–Crippen LogP) is 3.05. The molecule has 10 nitrogen and oxygen atoms in total. The van der Waals surface area contributed by atoms with Crippen LogP contribution in [0.5, 0.6) is 0 Å². The first-order valence-corrected chi connectivity index (χ1v) is 11.9. The zero-order valence-electron chi connectivity index (χ0n) is 19.4. The van der Waals surface area contributed by atoms with E-state index in [1.54, 1.807) is 34.5 Å². The lowest BCUT2D eigenvalue weighted by Crippen LogP contribution is -2.63. The van der Waals surface area contributed by atoms with E-state index < -0.39 is 17.0 Å². The van der Waals surface area contributed by atoms with Gasteiger partial charge in [-0.05, 0) is 23.6 Å². The van der Waals surface area contributed by atoms with E-state index in [2.05, 4.69) is 9.97 Å². The molecule has 182 valence electrons. The number of amides is 2. The number of imidazole rings is 1. The highest BCUT2D eigenvalue weighted by atomic mass is 16.6. The number of hydrogen-bond donors (Lipinski definition) is 1. The molecule has 2 atom stereocenters. The Morgan fingerprint density at radius 3 is 2.78 bits per heavy atom. The molecule has 2 aromatic carbocycles. The predicted molar refractivity (Wildman–Crippen MR) is 131 cm³/mol. The van der Waals surface area contributed by atoms with Gasteiger partial charge in [-0.15, -0.1) is 0 Å². The highest BCUT2D eigenvalue weighted by molar-refractivity contribution is 5.97. The lowest BCUT2D eigenvalue weighted by molar-refractivity contribution is -0.384. The highest BCUT2D eigenvalue weighted by Crippen LogP contribution is 2.43. The topological polar surface area (TPSA) is 117 Å². The maximum absolute atomic E-state index is 13.7. The van der Waals surface area contributed by atoms with Crippen molar-refractivity contribution < 1.29 is 14.5 Å². The zero-order valence-corrected chi connectivity index (χ0v) is 19.4. The fourth-order valence-electron chi connectivity index (χ4n) is 5.53. The van der Waals surface area contributed by atoms with Gasteiger partial charge >= 0.3 is 0 Å². The first-order chi connectivity index (χ1) is 17.5. The number of nitro benzene ring substituents is 1. The number of rotatable bonds is 6. The van der Waals surface area contributed by atoms with Crippen LogP contribution in [0.4, 0.5) is 5.69 Å². The van der Waals surface area contributed by atoms with Crippen molar-refractivity contribution in [2.75, 3.05) is 13.1 Å². The molecule has 1 fully saturated rings. The van der Waals surface area contributed by atoms with Crippen LogP contribution >= 0.6 is 0 Å². The van der Waals surface area contributed by atoms with Crippen molar-refractivity contribution >= 4 is 28.4 Å². The molecule has 0 bridgehead atoms. The average Bonchev–Trinajstić information content (AvgIpc) is 3.53. The highest BCUT2D eigenvalue weighted by Gasteiger charge is 2.48. The number of fused-ring (bicyclic) bond motifs is 4. The quantitative estimate of drug-likeness (QED) is 0.333. The number of hydrogen-bond acceptors (Lipinski definition) is 5. The summed E-state index contributed by atoms with van der Waals surface area (Å²) in [6, 6.07) is 12.9. The molecule has 2 amide bonds. The second-order valence-corrected chi connectivity index (χ2v) is 9.25. The maximum atomic E-state index is 13.7. The first-order valence-electron chi connectivity index (χ1n) is 11.9. The Bertz CT molecular complexity index is 1480. The Balaban J connectivity index is 1.39. The summed E-state index contributed by atoms with van der Waals surface area (Å²) in [6.07, 6.45) is 6.41. The summed E-state index contributed by atoms with van der Waals surface area (Å²) in [6.45, 7) is 1.16. The number of aromatic amines is 1. The largest absolute Gasteiger partial charge is 0.356 e. The third-order valence-corrected chi connectivity index (χ3v) is 7.14. The monoisotopic (exact) mass is 484 g/mol. The van der Waals surface area contributed by atoms with Crippen LogP contribution in [0.3, 0.4) is 0 Å². The lowest BCUT2D eigenvalue weighted by atomic mass is 9.86. The molecular formula is C26H24N6O4. The van der Waals surface area contributed by atoms with E-state index in [1.807, 2.05) is 35.0 Å². The molecule has 0 aliphatic carbocycles. The number of nitro groups is 1. The summed E-state index contributed by atoms with van der Waals surface area (Å²) < 4.78 is 1.94. The molecule has 0 saturated carbocycles. The molecule has 10 heteroatoms. The van der Waals surface area contributed by atoms with Crippen molar-refractivity contribution in [2.45, 2.75) is 31.5 Å². The van der Waals surface area contributed by atoms with E-state index in [1.165, 1.54) is 12.1 Å². The minimum atomic E-state index is -0.671. The summed E-state index contributed by atoms with van der Waals surface area (Å²) in [7, 11) is 0. The van der Waals surface area contributed by atoms with Crippen LogP contribution in [-0.4, -0.2) is 60.2 Å². The van der Waals surface area contributed by atoms with Crippen molar-refractivity contribution in [3.8, 4) is 0 Å². The second-order valence-electron chi connectivity index (χ2n) is 9.25. The fourth-order valence-corrected chi connectivity index (χ4v) is 5.53. The molecule has 2 aliphatic heterocycles. The number of aromatic nitrogens is 3. The van der Waals surface area contributed by atoms with Crippen molar-refractivity contribution in [3.05, 3.63) is 94.2 Å². The lowest BCUT2D eigenvalue weighted by Gasteiger charge is -2.47. The van der Waals surface area contributed by atoms with E-state index in [4.69, 9.17) is 0 Å². The molecule has 2 aromatic heterocycles. The number of non-ortho nitro benzene ring substituents is 1. The first kappa shape index (κ1) is 22.0. The van der Waals surface area contributed by atoms with Gasteiger partial charge in [-0.2, -0.15) is 0 Å². The number of para-hydroxylation sites is 1. The van der Waals surface area contributed by atoms with Crippen LogP contribution in [0.25, 0.3) is 10.9 Å². The van der Waals surface area contributed by atoms with Crippen LogP contribution < -0.4 is 0 Å². The molecule has 0 radical (unpaired) electrons. The van der Waals surface area contributed by atoms with Gasteiger partial charge in [0, 0.05) is 60.6 Å². The summed E-state index contributed by atoms with van der Waals surface area (Å²) in [5.41, 5.74) is 3.25. The van der Waals surface area contributed by atoms with Crippen LogP contribution in [-0.2, 0) is 22.6 Å². The van der Waals surface area contributed by atoms with Gasteiger partial charge < -0.3 is 19.4 Å². The third-order valence-electron chi connectivity index (χ3n) is 7.14. The Morgan fingerprint density at radius 1 is 1.11 bits per heavy atom. The molecule has 6 rings (SSSR count). The van der Waals surface area contributed by atoms with E-state index in [0.717, 1.165) is 22.2 Å². The number of carbonyl (C=O) groups excluding carboxylic acids is 2. The van der Waals surface area contributed by atoms with E-state index in [9.17, 15) is 19.7 Å². The van der Waals surface area contributed by atoms with Crippen LogP contribution in [0, 0.1) is 10.1 Å². The maximum Gasteiger partial charge on any atom is 0.269 e. The van der Waals surface area contributed by atoms with Gasteiger partial charge in [0.25, 0.3) is 5.69 Å². The van der Waals surface area contributed by atoms with Gasteiger partial charge in [-0.3, -0.25) is 19.7 Å². The fraction of sp³-hybridized carbons (Fsp3) is 0.269. The third kappa shape index (κ3) is 3.62. The number of aryl methyl sites for hydroxylation is 1. The zero-order chi connectivity index (χ0) is 24.8. The van der Waals surface area contributed by atoms with E-state index >= 15 is 0 Å². The number of piperazine rings is 1. The van der Waals surface area contributed by atoms with Gasteiger partial charge in [0.1, 0.15) is 6.04 Å². The minimum Gasteiger partial charge on any atom is -0.356 e. The summed E-state index contributed by atoms with van der Waals surface area (Å²) in [5, 5.41) is 12.5. The van der Waals surface area contributed by atoms with Crippen LogP contribution in [0.15, 0.2) is 67.3 Å². The van der Waals surface area contributed by atoms with Crippen LogP contribution in [0.1, 0.15) is 29.3 Å². The van der Waals surface area contributed by atoms with E-state index in [-0.39, 0.29) is 24.0 Å². The standard InChI is InChI=1S/C26H24N6O4/c33-23-15-30(11-4-10-29-12-9-27-16-29)26(34)22-14-20-19-7-1-2-8-21(19)28-24(20)25(31(22)23)17-5-3-6-18(13-17)32(35)36/h1-3,5-9,12-13,16,22,25,28H,4,10-11,14-15H2/t22-,25?/m0/s1. The molecule has 4 heterocycles. The van der Waals surface area contributed by atoms with Crippen molar-refractivity contribution in [1.82, 2.24) is 24.3 Å². The van der Waals surface area contributed by atoms with Gasteiger partial charge in [0.15, 0.2) is 0 Å². The number of nitrogens with zero attached hydrogens (tertiary/aromatic N) is 5. The smallest absolute Gasteiger partial charge is 0.269 e. The molecular weight excluding hydrogens is 460 g/mol. The Morgan fingerprint density at radius 2 is 1.97 bits per heavy atom. The second kappa shape index (κ2) is 8.63. The molecule has 1 unspecified atom stereocenters. The summed E-state index contributed by atoms with van der Waals surface area (Å²) in [4.78, 5) is 49.1. The van der Waals surface area contributed by atoms with Crippen LogP contribution in [0.2, 0.25) is 0 Å². The normalized spacial score (nSPS) is 19.4. The van der Waals surface area contributed by atoms with Gasteiger partial charge in [-0.1, -0.05) is 30.3 Å². The Labute approximate surface area is 206 Å². The molecule has 4 aromatic rings. The van der Waals surface area contributed by atoms with Gasteiger partial charge in [-0.25, -0.2) is 4.98 Å². The van der Waals surface area contributed by atoms with Crippen molar-refractivity contribution in [3.63, 3.8) is 0 Å². The Kier molecular flexibility index (Phi) is 5.28. The molecule has 36 heavy (non-hydrogen) atoms. The molecule has 1 N–H and O–H groups in total. The summed E-state index contributed by atoms with van der Waals surface area (Å²) in [5.74, 6) is -0.255. The molecule has 1 saturated heterocycles.